The van der Waals surface area contributed by atoms with E-state index >= 15 is 0 Å². The summed E-state index contributed by atoms with van der Waals surface area (Å²) in [6.07, 6.45) is 4.54. The van der Waals surface area contributed by atoms with Gasteiger partial charge in [0.05, 0.1) is 13.7 Å². The SMILES string of the molecule is C=Cc1cc(C(=O)Nc2ccc(C(=N)NC(=O)OCCCCCC)cc2)c(-c2ccc(C(=O)NCC3CC3)nc2C(=O)OC(C)OC(=O)N(C)C)cc1OC.Cl. The fraction of sp³-hybridized carbons (Fsp3) is 0.375. The Morgan fingerprint density at radius 2 is 1.70 bits per heavy atom. The Morgan fingerprint density at radius 1 is 0.982 bits per heavy atom. The zero-order valence-corrected chi connectivity index (χ0v) is 33.0. The van der Waals surface area contributed by atoms with Gasteiger partial charge in [0.25, 0.3) is 11.8 Å². The number of alkyl carbamates (subject to hydrolysis) is 1. The van der Waals surface area contributed by atoms with Gasteiger partial charge in [0.15, 0.2) is 5.69 Å². The summed E-state index contributed by atoms with van der Waals surface area (Å²) in [5.74, 6) is -1.56. The van der Waals surface area contributed by atoms with Crippen molar-refractivity contribution in [2.75, 3.05) is 39.7 Å². The molecule has 15 nitrogen and oxygen atoms in total. The third-order valence-corrected chi connectivity index (χ3v) is 8.49. The van der Waals surface area contributed by atoms with Crippen LogP contribution in [0, 0.1) is 11.3 Å². The molecular weight excluding hydrogens is 744 g/mol. The molecule has 0 aliphatic heterocycles. The number of hydrogen-bond acceptors (Lipinski definition) is 11. The van der Waals surface area contributed by atoms with Crippen molar-refractivity contribution >= 4 is 60.0 Å². The van der Waals surface area contributed by atoms with Gasteiger partial charge in [-0.1, -0.05) is 38.8 Å². The number of rotatable bonds is 17. The molecule has 0 bridgehead atoms. The second-order valence-corrected chi connectivity index (χ2v) is 13.1. The molecule has 56 heavy (non-hydrogen) atoms. The van der Waals surface area contributed by atoms with Crippen LogP contribution in [0.25, 0.3) is 17.2 Å². The zero-order valence-electron chi connectivity index (χ0n) is 32.2. The molecule has 1 aliphatic carbocycles. The van der Waals surface area contributed by atoms with E-state index in [1.807, 2.05) is 0 Å². The van der Waals surface area contributed by atoms with Crippen LogP contribution < -0.4 is 20.7 Å². The van der Waals surface area contributed by atoms with Crippen molar-refractivity contribution in [1.82, 2.24) is 20.5 Å². The van der Waals surface area contributed by atoms with E-state index < -0.39 is 36.3 Å². The largest absolute Gasteiger partial charge is 0.496 e. The molecule has 0 radical (unpaired) electrons. The van der Waals surface area contributed by atoms with Crippen LogP contribution in [0.3, 0.4) is 0 Å². The number of pyridine rings is 1. The molecular formula is C40H49ClN6O9. The first-order valence-electron chi connectivity index (χ1n) is 18.0. The van der Waals surface area contributed by atoms with Crippen LogP contribution in [-0.2, 0) is 14.2 Å². The van der Waals surface area contributed by atoms with Gasteiger partial charge in [-0.15, -0.1) is 12.4 Å². The molecule has 4 amide bonds. The van der Waals surface area contributed by atoms with Crippen LogP contribution in [0.4, 0.5) is 15.3 Å². The van der Waals surface area contributed by atoms with Crippen LogP contribution in [-0.4, -0.2) is 86.3 Å². The second-order valence-electron chi connectivity index (χ2n) is 13.1. The number of nitrogens with one attached hydrogen (secondary N) is 4. The van der Waals surface area contributed by atoms with Crippen molar-refractivity contribution in [2.45, 2.75) is 58.7 Å². The lowest BCUT2D eigenvalue weighted by Crippen LogP contribution is -2.31. The Labute approximate surface area is 332 Å². The van der Waals surface area contributed by atoms with E-state index in [1.165, 1.54) is 57.3 Å². The fourth-order valence-corrected chi connectivity index (χ4v) is 5.25. The number of unbranched alkanes of at least 4 members (excludes halogenated alkanes) is 3. The molecule has 1 heterocycles. The Morgan fingerprint density at radius 3 is 2.32 bits per heavy atom. The summed E-state index contributed by atoms with van der Waals surface area (Å²) in [6, 6.07) is 12.2. The molecule has 1 aromatic heterocycles. The molecule has 1 fully saturated rings. The molecule has 4 rings (SSSR count). The lowest BCUT2D eigenvalue weighted by atomic mass is 9.94. The average molecular weight is 793 g/mol. The van der Waals surface area contributed by atoms with Crippen molar-refractivity contribution in [2.24, 2.45) is 5.92 Å². The third-order valence-electron chi connectivity index (χ3n) is 8.49. The summed E-state index contributed by atoms with van der Waals surface area (Å²) >= 11 is 0. The maximum absolute atomic E-state index is 14.0. The number of hydrogen-bond donors (Lipinski definition) is 4. The smallest absolute Gasteiger partial charge is 0.412 e. The third kappa shape index (κ3) is 12.5. The van der Waals surface area contributed by atoms with Gasteiger partial charge in [0, 0.05) is 61.1 Å². The van der Waals surface area contributed by atoms with Gasteiger partial charge in [0.2, 0.25) is 6.29 Å². The van der Waals surface area contributed by atoms with Crippen LogP contribution >= 0.6 is 12.4 Å². The minimum atomic E-state index is -1.33. The first kappa shape index (κ1) is 44.4. The first-order valence-corrected chi connectivity index (χ1v) is 18.0. The predicted molar refractivity (Wildman–Crippen MR) is 214 cm³/mol. The topological polar surface area (TPSA) is 198 Å². The highest BCUT2D eigenvalue weighted by Crippen LogP contribution is 2.35. The molecule has 4 N–H and O–H groups in total. The summed E-state index contributed by atoms with van der Waals surface area (Å²) in [5, 5.41) is 16.3. The molecule has 16 heteroatoms. The molecule has 3 aromatic rings. The average Bonchev–Trinajstić information content (AvgIpc) is 4.01. The molecule has 0 spiro atoms. The molecule has 300 valence electrons. The van der Waals surface area contributed by atoms with Crippen LogP contribution in [0.15, 0.2) is 55.1 Å². The minimum absolute atomic E-state index is 0. The summed E-state index contributed by atoms with van der Waals surface area (Å²) < 4.78 is 21.3. The lowest BCUT2D eigenvalue weighted by molar-refractivity contribution is -0.0668. The number of esters is 1. The second kappa shape index (κ2) is 21.2. The number of benzene rings is 2. The maximum atomic E-state index is 14.0. The number of amidine groups is 1. The van der Waals surface area contributed by atoms with Crippen LogP contribution in [0.2, 0.25) is 0 Å². The van der Waals surface area contributed by atoms with Crippen molar-refractivity contribution < 1.29 is 42.9 Å². The fourth-order valence-electron chi connectivity index (χ4n) is 5.25. The Hall–Kier alpha value is -5.96. The number of halogens is 1. The van der Waals surface area contributed by atoms with Gasteiger partial charge in [-0.25, -0.2) is 19.4 Å². The normalized spacial score (nSPS) is 12.2. The van der Waals surface area contributed by atoms with E-state index in [4.69, 9.17) is 24.4 Å². The highest BCUT2D eigenvalue weighted by atomic mass is 35.5. The Bertz CT molecular complexity index is 1910. The van der Waals surface area contributed by atoms with E-state index in [0.717, 1.165) is 38.5 Å². The molecule has 1 aliphatic rings. The molecule has 0 saturated heterocycles. The quantitative estimate of drug-likeness (QED) is 0.0361. The van der Waals surface area contributed by atoms with Crippen molar-refractivity contribution in [1.29, 1.82) is 5.41 Å². The number of nitrogens with zero attached hydrogens (tertiary/aromatic N) is 2. The molecule has 2 aromatic carbocycles. The minimum Gasteiger partial charge on any atom is -0.496 e. The highest BCUT2D eigenvalue weighted by Gasteiger charge is 2.28. The standard InChI is InChI=1S/C40H48N6O9.ClH/c1-7-9-10-11-20-53-39(50)45-35(41)27-14-16-28(17-15-27)43-36(47)31-21-26(8-2)33(52-6)22-30(31)29-18-19-32(37(48)42-23-25-12-13-25)44-34(29)38(49)54-24(3)55-40(51)46(4)5;/h8,14-19,21-22,24-25H,2,7,9-13,20,23H2,1,3-6H3,(H,42,48)(H,43,47)(H2,41,45,50);1H. The molecule has 1 unspecified atom stereocenters. The summed E-state index contributed by atoms with van der Waals surface area (Å²) in [5.41, 5.74) is 1.25. The van der Waals surface area contributed by atoms with Gasteiger partial charge < -0.3 is 34.5 Å². The maximum Gasteiger partial charge on any atom is 0.412 e. The van der Waals surface area contributed by atoms with E-state index in [1.54, 1.807) is 30.3 Å². The lowest BCUT2D eigenvalue weighted by Gasteiger charge is -2.19. The number of anilines is 1. The number of amides is 4. The van der Waals surface area contributed by atoms with Crippen molar-refractivity contribution in [3.8, 4) is 16.9 Å². The van der Waals surface area contributed by atoms with Gasteiger partial charge in [-0.05, 0) is 73.7 Å². The monoisotopic (exact) mass is 792 g/mol. The van der Waals surface area contributed by atoms with E-state index in [-0.39, 0.29) is 52.9 Å². The summed E-state index contributed by atoms with van der Waals surface area (Å²) in [4.78, 5) is 70.6. The Balaban J connectivity index is 0.00000841. The number of ether oxygens (including phenoxy) is 4. The van der Waals surface area contributed by atoms with Crippen LogP contribution in [0.1, 0.15) is 94.8 Å². The van der Waals surface area contributed by atoms with E-state index in [0.29, 0.717) is 35.0 Å². The van der Waals surface area contributed by atoms with Gasteiger partial charge in [0.1, 0.15) is 17.3 Å². The summed E-state index contributed by atoms with van der Waals surface area (Å²) in [7, 11) is 4.38. The zero-order chi connectivity index (χ0) is 40.1. The van der Waals surface area contributed by atoms with E-state index in [9.17, 15) is 24.0 Å². The number of methoxy groups -OCH3 is 1. The van der Waals surface area contributed by atoms with Gasteiger partial charge >= 0.3 is 18.2 Å². The Kier molecular flexibility index (Phi) is 16.8. The molecule has 1 saturated carbocycles. The summed E-state index contributed by atoms with van der Waals surface area (Å²) in [6.45, 7) is 8.01. The number of carbonyl (C=O) groups excluding carboxylic acids is 5. The van der Waals surface area contributed by atoms with E-state index in [2.05, 4.69) is 34.4 Å². The molecule has 1 atom stereocenters. The predicted octanol–water partition coefficient (Wildman–Crippen LogP) is 7.05. The van der Waals surface area contributed by atoms with Crippen LogP contribution in [0.5, 0.6) is 5.75 Å². The van der Waals surface area contributed by atoms with Crippen molar-refractivity contribution in [3.05, 3.63) is 83.2 Å². The van der Waals surface area contributed by atoms with Gasteiger partial charge in [-0.3, -0.25) is 20.3 Å². The highest BCUT2D eigenvalue weighted by molar-refractivity contribution is 6.11. The van der Waals surface area contributed by atoms with Gasteiger partial charge in [-0.2, -0.15) is 0 Å². The number of carbonyl (C=O) groups is 5. The van der Waals surface area contributed by atoms with Crippen molar-refractivity contribution in [3.63, 3.8) is 0 Å². The first-order chi connectivity index (χ1) is 26.3. The number of aromatic nitrogens is 1.